The molecule has 0 amide bonds. The lowest BCUT2D eigenvalue weighted by molar-refractivity contribution is 0.316. The van der Waals surface area contributed by atoms with Crippen LogP contribution in [0.2, 0.25) is 0 Å². The molecule has 1 aromatic rings. The Morgan fingerprint density at radius 3 is 2.17 bits per heavy atom. The van der Waals surface area contributed by atoms with Crippen molar-refractivity contribution in [3.63, 3.8) is 0 Å². The van der Waals surface area contributed by atoms with Gasteiger partial charge in [-0.05, 0) is 37.4 Å². The number of primary sulfonamides is 1. The van der Waals surface area contributed by atoms with E-state index in [-0.39, 0.29) is 4.90 Å². The Balaban J connectivity index is 2.50. The van der Waals surface area contributed by atoms with Gasteiger partial charge in [-0.1, -0.05) is 13.8 Å². The van der Waals surface area contributed by atoms with E-state index in [1.54, 1.807) is 12.1 Å². The van der Waals surface area contributed by atoms with Gasteiger partial charge in [0.2, 0.25) is 10.0 Å². The van der Waals surface area contributed by atoms with Crippen molar-refractivity contribution < 1.29 is 8.42 Å². The first-order valence-electron chi connectivity index (χ1n) is 6.06. The summed E-state index contributed by atoms with van der Waals surface area (Å²) in [4.78, 5) is 2.45. The SMILES string of the molecule is CCN(CC)CCNc1ccc(S(N)(=O)=O)cc1. The lowest BCUT2D eigenvalue weighted by atomic mass is 10.3. The number of nitrogens with zero attached hydrogens (tertiary/aromatic N) is 1. The summed E-state index contributed by atoms with van der Waals surface area (Å²) < 4.78 is 22.2. The zero-order chi connectivity index (χ0) is 13.6. The molecule has 0 bridgehead atoms. The number of sulfonamides is 1. The number of hydrogen-bond donors (Lipinski definition) is 2. The van der Waals surface area contributed by atoms with Crippen LogP contribution in [0.5, 0.6) is 0 Å². The fraction of sp³-hybridized carbons (Fsp3) is 0.500. The number of hydrogen-bond acceptors (Lipinski definition) is 4. The van der Waals surface area contributed by atoms with E-state index in [1.807, 2.05) is 0 Å². The maximum Gasteiger partial charge on any atom is 0.238 e. The molecule has 6 heteroatoms. The predicted molar refractivity (Wildman–Crippen MR) is 74.1 cm³/mol. The lowest BCUT2D eigenvalue weighted by Gasteiger charge is -2.18. The number of nitrogens with one attached hydrogen (secondary N) is 1. The van der Waals surface area contributed by atoms with Crippen molar-refractivity contribution in [1.29, 1.82) is 0 Å². The number of nitrogens with two attached hydrogens (primary N) is 1. The third-order valence-corrected chi connectivity index (χ3v) is 3.76. The van der Waals surface area contributed by atoms with Crippen LogP contribution in [0.1, 0.15) is 13.8 Å². The molecule has 3 N–H and O–H groups in total. The van der Waals surface area contributed by atoms with Gasteiger partial charge in [0.25, 0.3) is 0 Å². The smallest absolute Gasteiger partial charge is 0.238 e. The third kappa shape index (κ3) is 4.64. The summed E-state index contributed by atoms with van der Waals surface area (Å²) in [6.07, 6.45) is 0. The van der Waals surface area contributed by atoms with E-state index in [0.29, 0.717) is 0 Å². The topological polar surface area (TPSA) is 75.4 Å². The fourth-order valence-electron chi connectivity index (χ4n) is 1.66. The molecule has 1 rings (SSSR count). The molecule has 0 heterocycles. The molecule has 0 saturated carbocycles. The molecule has 0 atom stereocenters. The summed E-state index contributed by atoms with van der Waals surface area (Å²) >= 11 is 0. The minimum atomic E-state index is -3.60. The molecule has 0 saturated heterocycles. The Bertz CT molecular complexity index is 453. The molecular weight excluding hydrogens is 250 g/mol. The maximum absolute atomic E-state index is 11.1. The maximum atomic E-state index is 11.1. The van der Waals surface area contributed by atoms with Crippen LogP contribution >= 0.6 is 0 Å². The summed E-state index contributed by atoms with van der Waals surface area (Å²) in [5.74, 6) is 0. The second kappa shape index (κ2) is 6.72. The number of rotatable bonds is 7. The largest absolute Gasteiger partial charge is 0.384 e. The third-order valence-electron chi connectivity index (χ3n) is 2.83. The van der Waals surface area contributed by atoms with E-state index in [1.165, 1.54) is 12.1 Å². The van der Waals surface area contributed by atoms with Crippen LogP contribution in [0.25, 0.3) is 0 Å². The fourth-order valence-corrected chi connectivity index (χ4v) is 2.18. The molecular formula is C12H21N3O2S. The standard InChI is InChI=1S/C12H21N3O2S/c1-3-15(4-2)10-9-14-11-5-7-12(8-6-11)18(13,16)17/h5-8,14H,3-4,9-10H2,1-2H3,(H2,13,16,17). The van der Waals surface area contributed by atoms with Gasteiger partial charge >= 0.3 is 0 Å². The van der Waals surface area contributed by atoms with Crippen LogP contribution in [0.15, 0.2) is 29.2 Å². The Hall–Kier alpha value is -1.11. The Morgan fingerprint density at radius 2 is 1.72 bits per heavy atom. The molecule has 0 aliphatic rings. The van der Waals surface area contributed by atoms with Crippen molar-refractivity contribution in [3.05, 3.63) is 24.3 Å². The van der Waals surface area contributed by atoms with Gasteiger partial charge in [-0.25, -0.2) is 13.6 Å². The first kappa shape index (κ1) is 14.9. The lowest BCUT2D eigenvalue weighted by Crippen LogP contribution is -2.28. The summed E-state index contributed by atoms with van der Waals surface area (Å²) in [5.41, 5.74) is 0.898. The molecule has 0 radical (unpaired) electrons. The Labute approximate surface area is 109 Å². The van der Waals surface area contributed by atoms with Crippen LogP contribution in [-0.4, -0.2) is 39.5 Å². The van der Waals surface area contributed by atoms with Gasteiger partial charge in [-0.3, -0.25) is 0 Å². The van der Waals surface area contributed by atoms with Gasteiger partial charge in [-0.2, -0.15) is 0 Å². The first-order chi connectivity index (χ1) is 8.47. The van der Waals surface area contributed by atoms with E-state index in [4.69, 9.17) is 5.14 Å². The van der Waals surface area contributed by atoms with Gasteiger partial charge in [0.1, 0.15) is 0 Å². The van der Waals surface area contributed by atoms with Gasteiger partial charge in [-0.15, -0.1) is 0 Å². The molecule has 0 unspecified atom stereocenters. The average Bonchev–Trinajstić information content (AvgIpc) is 2.34. The average molecular weight is 271 g/mol. The molecule has 18 heavy (non-hydrogen) atoms. The van der Waals surface area contributed by atoms with E-state index >= 15 is 0 Å². The molecule has 1 aromatic carbocycles. The van der Waals surface area contributed by atoms with E-state index in [2.05, 4.69) is 24.1 Å². The van der Waals surface area contributed by atoms with Gasteiger partial charge in [0.05, 0.1) is 4.90 Å². The zero-order valence-electron chi connectivity index (χ0n) is 10.9. The second-order valence-electron chi connectivity index (χ2n) is 4.02. The number of anilines is 1. The van der Waals surface area contributed by atoms with Crippen molar-refractivity contribution in [2.75, 3.05) is 31.5 Å². The zero-order valence-corrected chi connectivity index (χ0v) is 11.7. The molecule has 0 aliphatic heterocycles. The van der Waals surface area contributed by atoms with Gasteiger partial charge < -0.3 is 10.2 Å². The van der Waals surface area contributed by atoms with Crippen LogP contribution in [-0.2, 0) is 10.0 Å². The van der Waals surface area contributed by atoms with Crippen LogP contribution in [0.3, 0.4) is 0 Å². The van der Waals surface area contributed by atoms with Crippen molar-refractivity contribution >= 4 is 15.7 Å². The van der Waals surface area contributed by atoms with Crippen LogP contribution < -0.4 is 10.5 Å². The predicted octanol–water partition coefficient (Wildman–Crippen LogP) is 1.09. The van der Waals surface area contributed by atoms with Crippen LogP contribution in [0.4, 0.5) is 5.69 Å². The quantitative estimate of drug-likeness (QED) is 0.778. The van der Waals surface area contributed by atoms with E-state index in [0.717, 1.165) is 31.9 Å². The van der Waals surface area contributed by atoms with Crippen molar-refractivity contribution in [1.82, 2.24) is 4.90 Å². The highest BCUT2D eigenvalue weighted by Crippen LogP contribution is 2.12. The molecule has 102 valence electrons. The summed E-state index contributed by atoms with van der Waals surface area (Å²) in [6.45, 7) is 8.11. The highest BCUT2D eigenvalue weighted by molar-refractivity contribution is 7.89. The monoisotopic (exact) mass is 271 g/mol. The van der Waals surface area contributed by atoms with Crippen molar-refractivity contribution in [2.45, 2.75) is 18.7 Å². The van der Waals surface area contributed by atoms with Gasteiger partial charge in [0, 0.05) is 18.8 Å². The highest BCUT2D eigenvalue weighted by atomic mass is 32.2. The highest BCUT2D eigenvalue weighted by Gasteiger charge is 2.06. The van der Waals surface area contributed by atoms with Crippen LogP contribution in [0, 0.1) is 0 Å². The molecule has 0 aliphatic carbocycles. The molecule has 0 fully saturated rings. The molecule has 5 nitrogen and oxygen atoms in total. The molecule has 0 aromatic heterocycles. The second-order valence-corrected chi connectivity index (χ2v) is 5.58. The first-order valence-corrected chi connectivity index (χ1v) is 7.61. The number of benzene rings is 1. The van der Waals surface area contributed by atoms with E-state index < -0.39 is 10.0 Å². The molecule has 0 spiro atoms. The minimum absolute atomic E-state index is 0.136. The van der Waals surface area contributed by atoms with Crippen molar-refractivity contribution in [2.24, 2.45) is 5.14 Å². The summed E-state index contributed by atoms with van der Waals surface area (Å²) in [5, 5.41) is 8.27. The van der Waals surface area contributed by atoms with Crippen molar-refractivity contribution in [3.8, 4) is 0 Å². The summed E-state index contributed by atoms with van der Waals surface area (Å²) in [6, 6.07) is 6.47. The Morgan fingerprint density at radius 1 is 1.17 bits per heavy atom. The number of likely N-dealkylation sites (N-methyl/N-ethyl adjacent to an activating group) is 1. The summed E-state index contributed by atoms with van der Waals surface area (Å²) in [7, 11) is -3.60. The minimum Gasteiger partial charge on any atom is -0.384 e. The normalized spacial score (nSPS) is 11.8. The Kier molecular flexibility index (Phi) is 5.58. The van der Waals surface area contributed by atoms with Gasteiger partial charge in [0.15, 0.2) is 0 Å². The van der Waals surface area contributed by atoms with E-state index in [9.17, 15) is 8.42 Å².